The maximum atomic E-state index is 12.0. The molecule has 1 aromatic carbocycles. The number of anilines is 3. The van der Waals surface area contributed by atoms with Crippen LogP contribution in [-0.4, -0.2) is 71.1 Å². The summed E-state index contributed by atoms with van der Waals surface area (Å²) in [6.07, 6.45) is 1.03. The Morgan fingerprint density at radius 1 is 1.15 bits per heavy atom. The molecule has 1 aromatic heterocycles. The number of aromatic carboxylic acids is 1. The molecule has 4 unspecified atom stereocenters. The predicted molar refractivity (Wildman–Crippen MR) is 117 cm³/mol. The zero-order valence-corrected chi connectivity index (χ0v) is 18.0. The first-order valence-corrected chi connectivity index (χ1v) is 10.8. The molecule has 2 aromatic rings. The molecule has 34 heavy (non-hydrogen) atoms. The molecule has 0 spiro atoms. The molecule has 13 heteroatoms. The molecule has 0 radical (unpaired) electrons. The standard InChI is InChI=1S/C21H24N6O7/c22-14-17(23-8-24-18(14)27-21(30)25-10-5-6-10)26-19-16-15(32-9-33-16)13(34-19)7-31-12-4-2-1-3-11(12)20(28)29/h1-4,8,10,13,15-16,19H,5-7,9,22H2,(H,28,29)(H3,23,24,25,26,27,30). The SMILES string of the molecule is Nc1c(NC(=O)NC2CC2)ncnc1NC1OC(COc2ccccc2C(=O)O)C2OCOC12. The van der Waals surface area contributed by atoms with Crippen molar-refractivity contribution in [3.05, 3.63) is 36.2 Å². The van der Waals surface area contributed by atoms with Gasteiger partial charge in [0.2, 0.25) is 0 Å². The molecule has 2 aliphatic heterocycles. The number of carboxylic acid groups (broad SMARTS) is 1. The van der Waals surface area contributed by atoms with E-state index in [-0.39, 0.29) is 54.1 Å². The average molecular weight is 472 g/mol. The Balaban J connectivity index is 1.25. The van der Waals surface area contributed by atoms with Gasteiger partial charge in [0, 0.05) is 6.04 Å². The maximum absolute atomic E-state index is 12.0. The molecule has 4 atom stereocenters. The summed E-state index contributed by atoms with van der Waals surface area (Å²) in [6, 6.07) is 6.15. The van der Waals surface area contributed by atoms with Crippen molar-refractivity contribution in [3.63, 3.8) is 0 Å². The predicted octanol–water partition coefficient (Wildman–Crippen LogP) is 0.998. The van der Waals surface area contributed by atoms with Gasteiger partial charge in [-0.05, 0) is 25.0 Å². The van der Waals surface area contributed by atoms with Gasteiger partial charge in [-0.25, -0.2) is 19.6 Å². The highest BCUT2D eigenvalue weighted by atomic mass is 16.7. The number of ether oxygens (including phenoxy) is 4. The Morgan fingerprint density at radius 3 is 2.71 bits per heavy atom. The number of para-hydroxylation sites is 1. The van der Waals surface area contributed by atoms with Crippen molar-refractivity contribution in [1.29, 1.82) is 0 Å². The van der Waals surface area contributed by atoms with Crippen LogP contribution in [0.1, 0.15) is 23.2 Å². The summed E-state index contributed by atoms with van der Waals surface area (Å²) in [7, 11) is 0. The van der Waals surface area contributed by atoms with Crippen molar-refractivity contribution in [2.45, 2.75) is 43.4 Å². The minimum Gasteiger partial charge on any atom is -0.490 e. The van der Waals surface area contributed by atoms with Gasteiger partial charge >= 0.3 is 12.0 Å². The monoisotopic (exact) mass is 472 g/mol. The molecule has 13 nitrogen and oxygen atoms in total. The topological polar surface area (TPSA) is 179 Å². The lowest BCUT2D eigenvalue weighted by atomic mass is 10.1. The average Bonchev–Trinajstić information content (AvgIpc) is 3.38. The minimum atomic E-state index is -1.09. The molecule has 2 saturated heterocycles. The summed E-state index contributed by atoms with van der Waals surface area (Å²) in [5, 5.41) is 17.8. The zero-order valence-electron chi connectivity index (χ0n) is 18.0. The van der Waals surface area contributed by atoms with Crippen LogP contribution in [0.4, 0.5) is 22.1 Å². The van der Waals surface area contributed by atoms with Crippen LogP contribution in [0.25, 0.3) is 0 Å². The molecule has 3 fully saturated rings. The Kier molecular flexibility index (Phi) is 6.04. The van der Waals surface area contributed by atoms with Crippen molar-refractivity contribution in [2.75, 3.05) is 29.8 Å². The number of rotatable bonds is 8. The lowest BCUT2D eigenvalue weighted by Gasteiger charge is -2.20. The van der Waals surface area contributed by atoms with Gasteiger partial charge in [-0.2, -0.15) is 0 Å². The summed E-state index contributed by atoms with van der Waals surface area (Å²) in [4.78, 5) is 31.7. The van der Waals surface area contributed by atoms with Crippen LogP contribution in [0.5, 0.6) is 5.75 Å². The van der Waals surface area contributed by atoms with E-state index in [0.717, 1.165) is 12.8 Å². The number of nitrogens with zero attached hydrogens (tertiary/aromatic N) is 2. The van der Waals surface area contributed by atoms with E-state index in [1.165, 1.54) is 12.4 Å². The number of carbonyl (C=O) groups excluding carboxylic acids is 1. The van der Waals surface area contributed by atoms with Gasteiger partial charge < -0.3 is 40.4 Å². The van der Waals surface area contributed by atoms with Gasteiger partial charge in [-0.1, -0.05) is 12.1 Å². The fourth-order valence-corrected chi connectivity index (χ4v) is 3.80. The Labute approximate surface area is 193 Å². The highest BCUT2D eigenvalue weighted by Gasteiger charge is 2.50. The summed E-state index contributed by atoms with van der Waals surface area (Å²) in [5.74, 6) is -0.436. The van der Waals surface area contributed by atoms with E-state index in [0.29, 0.717) is 0 Å². The number of urea groups is 1. The highest BCUT2D eigenvalue weighted by Crippen LogP contribution is 2.34. The number of benzene rings is 1. The van der Waals surface area contributed by atoms with Gasteiger partial charge in [0.1, 0.15) is 55.0 Å². The van der Waals surface area contributed by atoms with Crippen molar-refractivity contribution in [1.82, 2.24) is 15.3 Å². The number of hydrogen-bond donors (Lipinski definition) is 5. The van der Waals surface area contributed by atoms with Gasteiger partial charge in [-0.3, -0.25) is 5.32 Å². The van der Waals surface area contributed by atoms with Gasteiger partial charge in [0.05, 0.1) is 0 Å². The van der Waals surface area contributed by atoms with E-state index in [1.54, 1.807) is 18.2 Å². The molecule has 6 N–H and O–H groups in total. The van der Waals surface area contributed by atoms with Crippen LogP contribution in [0.2, 0.25) is 0 Å². The lowest BCUT2D eigenvalue weighted by molar-refractivity contribution is -0.0757. The van der Waals surface area contributed by atoms with Gasteiger partial charge in [0.15, 0.2) is 17.9 Å². The fraction of sp³-hybridized carbons (Fsp3) is 0.429. The molecule has 1 aliphatic carbocycles. The fourth-order valence-electron chi connectivity index (χ4n) is 3.80. The molecule has 3 aliphatic rings. The smallest absolute Gasteiger partial charge is 0.339 e. The number of hydrogen-bond acceptors (Lipinski definition) is 10. The summed E-state index contributed by atoms with van der Waals surface area (Å²) >= 11 is 0. The summed E-state index contributed by atoms with van der Waals surface area (Å²) in [5.41, 5.74) is 6.36. The van der Waals surface area contributed by atoms with Crippen molar-refractivity contribution >= 4 is 29.3 Å². The van der Waals surface area contributed by atoms with Crippen LogP contribution in [0.3, 0.4) is 0 Å². The quantitative estimate of drug-likeness (QED) is 0.370. The Hall–Kier alpha value is -3.68. The molecular weight excluding hydrogens is 448 g/mol. The molecule has 5 rings (SSSR count). The van der Waals surface area contributed by atoms with E-state index in [1.807, 2.05) is 0 Å². The number of nitrogen functional groups attached to an aromatic ring is 1. The van der Waals surface area contributed by atoms with E-state index < -0.39 is 30.5 Å². The van der Waals surface area contributed by atoms with Gasteiger partial charge in [-0.15, -0.1) is 0 Å². The van der Waals surface area contributed by atoms with E-state index in [2.05, 4.69) is 25.9 Å². The van der Waals surface area contributed by atoms with Crippen LogP contribution < -0.4 is 26.4 Å². The zero-order chi connectivity index (χ0) is 23.7. The third kappa shape index (κ3) is 4.66. The number of amides is 2. The van der Waals surface area contributed by atoms with Gasteiger partial charge in [0.25, 0.3) is 0 Å². The molecule has 180 valence electrons. The molecule has 0 bridgehead atoms. The second kappa shape index (κ2) is 9.29. The molecule has 1 saturated carbocycles. The summed E-state index contributed by atoms with van der Waals surface area (Å²) < 4.78 is 23.1. The second-order valence-corrected chi connectivity index (χ2v) is 8.09. The third-order valence-electron chi connectivity index (χ3n) is 5.66. The maximum Gasteiger partial charge on any atom is 0.339 e. The Bertz CT molecular complexity index is 1080. The largest absolute Gasteiger partial charge is 0.490 e. The second-order valence-electron chi connectivity index (χ2n) is 8.09. The first-order valence-electron chi connectivity index (χ1n) is 10.8. The normalized spacial score (nSPS) is 25.4. The number of carboxylic acids is 1. The number of aromatic nitrogens is 2. The van der Waals surface area contributed by atoms with Crippen LogP contribution in [0, 0.1) is 0 Å². The first kappa shape index (κ1) is 22.1. The summed E-state index contributed by atoms with van der Waals surface area (Å²) in [6.45, 7) is 0.118. The van der Waals surface area contributed by atoms with Crippen molar-refractivity contribution in [2.24, 2.45) is 0 Å². The molecule has 2 amide bonds. The number of nitrogens with one attached hydrogen (secondary N) is 3. The lowest BCUT2D eigenvalue weighted by Crippen LogP contribution is -2.35. The van der Waals surface area contributed by atoms with Crippen molar-refractivity contribution in [3.8, 4) is 5.75 Å². The van der Waals surface area contributed by atoms with Crippen LogP contribution in [0.15, 0.2) is 30.6 Å². The first-order chi connectivity index (χ1) is 16.5. The van der Waals surface area contributed by atoms with Crippen LogP contribution in [-0.2, 0) is 14.2 Å². The van der Waals surface area contributed by atoms with E-state index in [4.69, 9.17) is 24.7 Å². The number of nitrogens with two attached hydrogens (primary N) is 1. The third-order valence-corrected chi connectivity index (χ3v) is 5.66. The van der Waals surface area contributed by atoms with E-state index in [9.17, 15) is 14.7 Å². The highest BCUT2D eigenvalue weighted by molar-refractivity contribution is 5.93. The van der Waals surface area contributed by atoms with E-state index >= 15 is 0 Å². The minimum absolute atomic E-state index is 0.0421. The number of carbonyl (C=O) groups is 2. The molecular formula is C21H24N6O7. The van der Waals surface area contributed by atoms with Crippen LogP contribution >= 0.6 is 0 Å². The number of fused-ring (bicyclic) bond motifs is 1. The Morgan fingerprint density at radius 2 is 1.91 bits per heavy atom. The van der Waals surface area contributed by atoms with Crippen molar-refractivity contribution < 1.29 is 33.6 Å². The molecule has 3 heterocycles.